The third-order valence-electron chi connectivity index (χ3n) is 4.51. The molecule has 3 heteroatoms. The van der Waals surface area contributed by atoms with Gasteiger partial charge in [-0.25, -0.2) is 0 Å². The highest BCUT2D eigenvalue weighted by Crippen LogP contribution is 2.34. The summed E-state index contributed by atoms with van der Waals surface area (Å²) in [4.78, 5) is 2.30. The van der Waals surface area contributed by atoms with Gasteiger partial charge in [-0.2, -0.15) is 0 Å². The van der Waals surface area contributed by atoms with Gasteiger partial charge in [0.1, 0.15) is 0 Å². The van der Waals surface area contributed by atoms with Crippen LogP contribution in [0, 0.1) is 17.8 Å². The number of nitrogens with zero attached hydrogens (tertiary/aromatic N) is 1. The zero-order chi connectivity index (χ0) is 14.7. The van der Waals surface area contributed by atoms with E-state index in [1.54, 1.807) is 0 Å². The molecule has 1 aromatic carbocycles. The minimum atomic E-state index is -0.157. The maximum atomic E-state index is 10.3. The molecule has 1 fully saturated rings. The van der Waals surface area contributed by atoms with E-state index in [9.17, 15) is 5.11 Å². The first-order valence-electron chi connectivity index (χ1n) is 7.56. The molecule has 2 rings (SSSR count). The van der Waals surface area contributed by atoms with Crippen molar-refractivity contribution in [2.75, 3.05) is 13.6 Å². The lowest BCUT2D eigenvalue weighted by Gasteiger charge is -2.39. The number of halogens is 1. The Kier molecular flexibility index (Phi) is 5.48. The molecule has 0 aliphatic heterocycles. The van der Waals surface area contributed by atoms with Crippen LogP contribution in [0.2, 0.25) is 5.02 Å². The van der Waals surface area contributed by atoms with E-state index in [0.29, 0.717) is 17.8 Å². The van der Waals surface area contributed by atoms with Gasteiger partial charge in [-0.1, -0.05) is 37.6 Å². The van der Waals surface area contributed by atoms with Crippen molar-refractivity contribution in [3.05, 3.63) is 34.9 Å². The van der Waals surface area contributed by atoms with Crippen LogP contribution in [-0.2, 0) is 6.54 Å². The summed E-state index contributed by atoms with van der Waals surface area (Å²) in [5.41, 5.74) is 1.23. The van der Waals surface area contributed by atoms with Crippen LogP contribution in [-0.4, -0.2) is 29.7 Å². The van der Waals surface area contributed by atoms with Gasteiger partial charge in [0.25, 0.3) is 0 Å². The van der Waals surface area contributed by atoms with Crippen molar-refractivity contribution in [3.63, 3.8) is 0 Å². The lowest BCUT2D eigenvalue weighted by atomic mass is 9.73. The van der Waals surface area contributed by atoms with E-state index in [1.165, 1.54) is 12.0 Å². The number of aliphatic hydroxyl groups excluding tert-OH is 1. The molecule has 1 aliphatic rings. The quantitative estimate of drug-likeness (QED) is 0.913. The van der Waals surface area contributed by atoms with Crippen molar-refractivity contribution >= 4 is 11.6 Å². The SMILES string of the molecule is CC1CC(C)C(CN(C)Cc2cccc(Cl)c2)C(O)C1. The fourth-order valence-corrected chi connectivity index (χ4v) is 3.76. The highest BCUT2D eigenvalue weighted by atomic mass is 35.5. The average molecular weight is 296 g/mol. The predicted octanol–water partition coefficient (Wildman–Crippen LogP) is 3.81. The van der Waals surface area contributed by atoms with Gasteiger partial charge in [0.15, 0.2) is 0 Å². The van der Waals surface area contributed by atoms with Crippen LogP contribution in [0.1, 0.15) is 32.3 Å². The van der Waals surface area contributed by atoms with Gasteiger partial charge in [0.2, 0.25) is 0 Å². The van der Waals surface area contributed by atoms with E-state index < -0.39 is 0 Å². The van der Waals surface area contributed by atoms with Gasteiger partial charge in [-0.15, -0.1) is 0 Å². The van der Waals surface area contributed by atoms with E-state index in [0.717, 1.165) is 24.5 Å². The summed E-state index contributed by atoms with van der Waals surface area (Å²) in [6, 6.07) is 8.01. The number of benzene rings is 1. The van der Waals surface area contributed by atoms with Crippen molar-refractivity contribution in [2.24, 2.45) is 17.8 Å². The zero-order valence-corrected chi connectivity index (χ0v) is 13.5. The van der Waals surface area contributed by atoms with Crippen molar-refractivity contribution < 1.29 is 5.11 Å². The molecule has 0 aromatic heterocycles. The second kappa shape index (κ2) is 6.93. The molecular weight excluding hydrogens is 270 g/mol. The molecule has 112 valence electrons. The first-order chi connectivity index (χ1) is 9.45. The van der Waals surface area contributed by atoms with Crippen molar-refractivity contribution in [1.29, 1.82) is 0 Å². The largest absolute Gasteiger partial charge is 0.393 e. The van der Waals surface area contributed by atoms with E-state index in [2.05, 4.69) is 31.9 Å². The van der Waals surface area contributed by atoms with Gasteiger partial charge < -0.3 is 10.0 Å². The zero-order valence-electron chi connectivity index (χ0n) is 12.7. The number of aliphatic hydroxyl groups is 1. The Balaban J connectivity index is 1.92. The summed E-state index contributed by atoms with van der Waals surface area (Å²) in [6.07, 6.45) is 2.02. The van der Waals surface area contributed by atoms with Gasteiger partial charge in [0, 0.05) is 24.0 Å². The summed E-state index contributed by atoms with van der Waals surface area (Å²) >= 11 is 6.02. The Bertz CT molecular complexity index is 425. The molecule has 1 aliphatic carbocycles. The molecule has 4 atom stereocenters. The van der Waals surface area contributed by atoms with Gasteiger partial charge in [0.05, 0.1) is 6.10 Å². The Morgan fingerprint density at radius 1 is 1.30 bits per heavy atom. The monoisotopic (exact) mass is 295 g/mol. The molecule has 0 radical (unpaired) electrons. The number of hydrogen-bond donors (Lipinski definition) is 1. The molecule has 1 saturated carbocycles. The lowest BCUT2D eigenvalue weighted by molar-refractivity contribution is 0.000596. The maximum absolute atomic E-state index is 10.3. The van der Waals surface area contributed by atoms with Gasteiger partial charge in [-0.3, -0.25) is 0 Å². The standard InChI is InChI=1S/C17H26ClNO/c1-12-7-13(2)16(17(20)8-12)11-19(3)10-14-5-4-6-15(18)9-14/h4-6,9,12-13,16-17,20H,7-8,10-11H2,1-3H3. The fraction of sp³-hybridized carbons (Fsp3) is 0.647. The Hall–Kier alpha value is -0.570. The third kappa shape index (κ3) is 4.21. The molecule has 20 heavy (non-hydrogen) atoms. The highest BCUT2D eigenvalue weighted by molar-refractivity contribution is 6.30. The molecule has 1 aromatic rings. The second-order valence-corrected chi connectivity index (χ2v) is 7.05. The summed E-state index contributed by atoms with van der Waals surface area (Å²) in [7, 11) is 2.12. The molecule has 2 nitrogen and oxygen atoms in total. The van der Waals surface area contributed by atoms with Crippen LogP contribution in [0.25, 0.3) is 0 Å². The highest BCUT2D eigenvalue weighted by Gasteiger charge is 2.33. The molecule has 0 spiro atoms. The molecule has 0 amide bonds. The van der Waals surface area contributed by atoms with Crippen LogP contribution in [0.3, 0.4) is 0 Å². The Morgan fingerprint density at radius 3 is 2.70 bits per heavy atom. The topological polar surface area (TPSA) is 23.5 Å². The van der Waals surface area contributed by atoms with Crippen LogP contribution < -0.4 is 0 Å². The van der Waals surface area contributed by atoms with Crippen LogP contribution >= 0.6 is 11.6 Å². The van der Waals surface area contributed by atoms with Crippen LogP contribution in [0.4, 0.5) is 0 Å². The summed E-state index contributed by atoms with van der Waals surface area (Å²) in [5.74, 6) is 1.63. The fourth-order valence-electron chi connectivity index (χ4n) is 3.55. The minimum absolute atomic E-state index is 0.157. The van der Waals surface area contributed by atoms with E-state index >= 15 is 0 Å². The summed E-state index contributed by atoms with van der Waals surface area (Å²) in [5, 5.41) is 11.1. The number of rotatable bonds is 4. The second-order valence-electron chi connectivity index (χ2n) is 6.61. The maximum Gasteiger partial charge on any atom is 0.0585 e. The van der Waals surface area contributed by atoms with Gasteiger partial charge in [-0.05, 0) is 49.4 Å². The Morgan fingerprint density at radius 2 is 2.05 bits per heavy atom. The van der Waals surface area contributed by atoms with Crippen molar-refractivity contribution in [1.82, 2.24) is 4.90 Å². The predicted molar refractivity (Wildman–Crippen MR) is 84.8 cm³/mol. The number of hydrogen-bond acceptors (Lipinski definition) is 2. The smallest absolute Gasteiger partial charge is 0.0585 e. The first-order valence-corrected chi connectivity index (χ1v) is 7.94. The van der Waals surface area contributed by atoms with Crippen molar-refractivity contribution in [2.45, 2.75) is 39.3 Å². The average Bonchev–Trinajstić information content (AvgIpc) is 2.33. The van der Waals surface area contributed by atoms with Crippen LogP contribution in [0.5, 0.6) is 0 Å². The Labute approximate surface area is 127 Å². The third-order valence-corrected chi connectivity index (χ3v) is 4.74. The van der Waals surface area contributed by atoms with E-state index in [1.807, 2.05) is 18.2 Å². The van der Waals surface area contributed by atoms with E-state index in [4.69, 9.17) is 11.6 Å². The van der Waals surface area contributed by atoms with E-state index in [-0.39, 0.29) is 6.10 Å². The molecular formula is C17H26ClNO. The molecule has 1 N–H and O–H groups in total. The first kappa shape index (κ1) is 15.8. The molecule has 0 saturated heterocycles. The van der Waals surface area contributed by atoms with Crippen molar-refractivity contribution in [3.8, 4) is 0 Å². The summed E-state index contributed by atoms with van der Waals surface area (Å²) < 4.78 is 0. The molecule has 0 heterocycles. The van der Waals surface area contributed by atoms with Crippen LogP contribution in [0.15, 0.2) is 24.3 Å². The van der Waals surface area contributed by atoms with Gasteiger partial charge >= 0.3 is 0 Å². The normalized spacial score (nSPS) is 30.7. The lowest BCUT2D eigenvalue weighted by Crippen LogP contribution is -2.41. The molecule has 4 unspecified atom stereocenters. The molecule has 0 bridgehead atoms. The minimum Gasteiger partial charge on any atom is -0.393 e. The summed E-state index contributed by atoms with van der Waals surface area (Å²) in [6.45, 7) is 6.34.